The zero-order valence-corrected chi connectivity index (χ0v) is 23.5. The average Bonchev–Trinajstić information content (AvgIpc) is 3.60. The summed E-state index contributed by atoms with van der Waals surface area (Å²) in [7, 11) is 2.14. The van der Waals surface area contributed by atoms with Gasteiger partial charge in [-0.15, -0.1) is 0 Å². The number of aliphatic hydroxyl groups is 1. The minimum atomic E-state index is -1.06. The third-order valence-corrected chi connectivity index (χ3v) is 8.34. The van der Waals surface area contributed by atoms with Gasteiger partial charge in [0.25, 0.3) is 5.88 Å². The third-order valence-electron chi connectivity index (χ3n) is 8.34. The van der Waals surface area contributed by atoms with Gasteiger partial charge >= 0.3 is 0 Å². The number of piperidine rings is 1. The zero-order chi connectivity index (χ0) is 27.9. The number of nitrogen functional groups attached to an aromatic ring is 1. The van der Waals surface area contributed by atoms with Crippen LogP contribution in [0.25, 0.3) is 11.3 Å². The molecule has 5 heterocycles. The highest BCUT2D eigenvalue weighted by atomic mass is 16.5. The molecular weight excluding hydrogens is 510 g/mol. The minimum absolute atomic E-state index is 0.179. The Morgan fingerprint density at radius 1 is 1.07 bits per heavy atom. The van der Waals surface area contributed by atoms with Gasteiger partial charge in [0.2, 0.25) is 0 Å². The largest absolute Gasteiger partial charge is 0.433 e. The van der Waals surface area contributed by atoms with Crippen molar-refractivity contribution in [1.82, 2.24) is 24.6 Å². The van der Waals surface area contributed by atoms with Crippen molar-refractivity contribution >= 4 is 11.5 Å². The number of rotatable bonds is 6. The quantitative estimate of drug-likeness (QED) is 0.474. The Bertz CT molecular complexity index is 1320. The van der Waals surface area contributed by atoms with Crippen molar-refractivity contribution in [3.63, 3.8) is 0 Å². The number of anilines is 2. The molecule has 3 N–H and O–H groups in total. The first kappa shape index (κ1) is 26.9. The number of nitrogens with two attached hydrogens (primary N) is 1. The second-order valence-electron chi connectivity index (χ2n) is 11.5. The predicted octanol–water partition coefficient (Wildman–Crippen LogP) is 3.20. The van der Waals surface area contributed by atoms with Gasteiger partial charge in [0, 0.05) is 36.4 Å². The van der Waals surface area contributed by atoms with Crippen LogP contribution in [0.5, 0.6) is 11.6 Å². The Morgan fingerprint density at radius 3 is 2.58 bits per heavy atom. The Morgan fingerprint density at radius 2 is 1.85 bits per heavy atom. The number of likely N-dealkylation sites (tertiary alicyclic amines) is 1. The van der Waals surface area contributed by atoms with Gasteiger partial charge in [-0.2, -0.15) is 5.10 Å². The van der Waals surface area contributed by atoms with Gasteiger partial charge in [-0.1, -0.05) is 0 Å². The van der Waals surface area contributed by atoms with Gasteiger partial charge in [-0.25, -0.2) is 9.97 Å². The fraction of sp³-hybridized carbons (Fsp3) is 0.552. The Balaban J connectivity index is 1.32. The standard InChI is InChI=1S/C29H39N7O4/c1-19-16-39-17-20(2)36(19)24-11-21(10-22(12-24)29(37)6-9-38-18-29)26-14-31-27(30)28(33-26)40-25-13-32-35(15-25)23-4-7-34(3)8-5-23/h10-15,19-20,23,37H,4-9,16-18H2,1-3H3,(H2,30,31). The lowest BCUT2D eigenvalue weighted by Crippen LogP contribution is -2.49. The molecule has 1 aromatic carbocycles. The number of morpholine rings is 1. The van der Waals surface area contributed by atoms with Crippen LogP contribution in [0.15, 0.2) is 36.8 Å². The SMILES string of the molecule is CC1COCC(C)N1c1cc(-c2cnc(N)c(Oc3cnn(C4CCN(C)CC4)c3)n2)cc(C2(O)CCOC2)c1. The number of hydrogen-bond acceptors (Lipinski definition) is 10. The van der Waals surface area contributed by atoms with Crippen molar-refractivity contribution in [2.24, 2.45) is 0 Å². The maximum atomic E-state index is 11.4. The van der Waals surface area contributed by atoms with Gasteiger partial charge in [0.1, 0.15) is 5.60 Å². The van der Waals surface area contributed by atoms with E-state index in [0.717, 1.165) is 42.7 Å². The minimum Gasteiger partial charge on any atom is -0.433 e. The number of ether oxygens (including phenoxy) is 3. The molecule has 0 amide bonds. The van der Waals surface area contributed by atoms with Crippen LogP contribution >= 0.6 is 0 Å². The summed E-state index contributed by atoms with van der Waals surface area (Å²) in [6.45, 7) is 8.45. The fourth-order valence-corrected chi connectivity index (χ4v) is 6.01. The topological polar surface area (TPSA) is 124 Å². The van der Waals surface area contributed by atoms with E-state index in [-0.39, 0.29) is 30.4 Å². The van der Waals surface area contributed by atoms with Crippen LogP contribution in [0.2, 0.25) is 0 Å². The molecule has 3 atom stereocenters. The van der Waals surface area contributed by atoms with Crippen molar-refractivity contribution in [1.29, 1.82) is 0 Å². The summed E-state index contributed by atoms with van der Waals surface area (Å²) in [5, 5.41) is 16.0. The Hall–Kier alpha value is -3.25. The van der Waals surface area contributed by atoms with E-state index < -0.39 is 5.60 Å². The monoisotopic (exact) mass is 549 g/mol. The van der Waals surface area contributed by atoms with Gasteiger partial charge in [-0.05, 0) is 70.6 Å². The maximum Gasteiger partial charge on any atom is 0.263 e. The average molecular weight is 550 g/mol. The molecule has 3 aliphatic rings. The van der Waals surface area contributed by atoms with Gasteiger partial charge in [0.05, 0.1) is 50.1 Å². The van der Waals surface area contributed by atoms with Gasteiger partial charge < -0.3 is 34.9 Å². The highest BCUT2D eigenvalue weighted by Gasteiger charge is 2.36. The Labute approximate surface area is 234 Å². The highest BCUT2D eigenvalue weighted by molar-refractivity contribution is 5.69. The second kappa shape index (κ2) is 11.0. The summed E-state index contributed by atoms with van der Waals surface area (Å²) in [6, 6.07) is 6.83. The van der Waals surface area contributed by atoms with E-state index in [9.17, 15) is 5.11 Å². The van der Waals surface area contributed by atoms with E-state index in [2.05, 4.69) is 52.9 Å². The number of hydrogen-bond donors (Lipinski definition) is 2. The van der Waals surface area contributed by atoms with Crippen molar-refractivity contribution in [2.75, 3.05) is 57.2 Å². The molecule has 0 bridgehead atoms. The molecule has 0 aliphatic carbocycles. The first-order chi connectivity index (χ1) is 19.3. The van der Waals surface area contributed by atoms with Crippen LogP contribution in [0.3, 0.4) is 0 Å². The molecule has 214 valence electrons. The fourth-order valence-electron chi connectivity index (χ4n) is 6.01. The first-order valence-electron chi connectivity index (χ1n) is 14.1. The van der Waals surface area contributed by atoms with Crippen molar-refractivity contribution in [2.45, 2.75) is 56.8 Å². The highest BCUT2D eigenvalue weighted by Crippen LogP contribution is 2.38. The van der Waals surface area contributed by atoms with Gasteiger partial charge in [-0.3, -0.25) is 4.68 Å². The van der Waals surface area contributed by atoms with E-state index in [1.54, 1.807) is 12.4 Å². The molecule has 11 heteroatoms. The van der Waals surface area contributed by atoms with Crippen LogP contribution in [0.4, 0.5) is 11.5 Å². The van der Waals surface area contributed by atoms with E-state index in [1.165, 1.54) is 0 Å². The lowest BCUT2D eigenvalue weighted by molar-refractivity contribution is 0.0232. The summed E-state index contributed by atoms with van der Waals surface area (Å²) in [4.78, 5) is 13.9. The van der Waals surface area contributed by atoms with Crippen molar-refractivity contribution in [3.8, 4) is 22.9 Å². The summed E-state index contributed by atoms with van der Waals surface area (Å²) in [6.07, 6.45) is 7.87. The molecule has 3 unspecified atom stereocenters. The van der Waals surface area contributed by atoms with Crippen molar-refractivity contribution in [3.05, 3.63) is 42.4 Å². The number of benzene rings is 1. The van der Waals surface area contributed by atoms with Crippen LogP contribution in [-0.2, 0) is 15.1 Å². The van der Waals surface area contributed by atoms with E-state index in [1.807, 2.05) is 16.9 Å². The maximum absolute atomic E-state index is 11.4. The van der Waals surface area contributed by atoms with Crippen molar-refractivity contribution < 1.29 is 19.3 Å². The summed E-state index contributed by atoms with van der Waals surface area (Å²) in [5.41, 5.74) is 8.35. The molecule has 3 aliphatic heterocycles. The molecule has 3 fully saturated rings. The van der Waals surface area contributed by atoms with E-state index in [4.69, 9.17) is 24.9 Å². The van der Waals surface area contributed by atoms with Gasteiger partial charge in [0.15, 0.2) is 11.6 Å². The summed E-state index contributed by atoms with van der Waals surface area (Å²) in [5.74, 6) is 0.994. The summed E-state index contributed by atoms with van der Waals surface area (Å²) >= 11 is 0. The molecule has 6 rings (SSSR count). The lowest BCUT2D eigenvalue weighted by atomic mass is 9.90. The molecule has 3 aromatic rings. The number of aromatic nitrogens is 4. The van der Waals surface area contributed by atoms with Crippen LogP contribution < -0.4 is 15.4 Å². The van der Waals surface area contributed by atoms with Crippen LogP contribution in [0, 0.1) is 0 Å². The Kier molecular flexibility index (Phi) is 7.39. The van der Waals surface area contributed by atoms with Crippen LogP contribution in [-0.4, -0.2) is 88.4 Å². The molecule has 0 spiro atoms. The first-order valence-corrected chi connectivity index (χ1v) is 14.1. The molecular formula is C29H39N7O4. The van der Waals surface area contributed by atoms with Crippen LogP contribution in [0.1, 0.15) is 44.7 Å². The lowest BCUT2D eigenvalue weighted by Gasteiger charge is -2.41. The molecule has 40 heavy (non-hydrogen) atoms. The second-order valence-corrected chi connectivity index (χ2v) is 11.5. The third kappa shape index (κ3) is 5.38. The predicted molar refractivity (Wildman–Crippen MR) is 152 cm³/mol. The molecule has 2 aromatic heterocycles. The molecule has 11 nitrogen and oxygen atoms in total. The number of nitrogens with zero attached hydrogens (tertiary/aromatic N) is 6. The smallest absolute Gasteiger partial charge is 0.263 e. The normalized spacial score (nSPS) is 26.4. The molecule has 3 saturated heterocycles. The summed E-state index contributed by atoms with van der Waals surface area (Å²) < 4.78 is 19.4. The van der Waals surface area contributed by atoms with E-state index in [0.29, 0.717) is 43.7 Å². The molecule has 0 saturated carbocycles. The van der Waals surface area contributed by atoms with E-state index >= 15 is 0 Å². The zero-order valence-electron chi connectivity index (χ0n) is 23.5. The molecule has 0 radical (unpaired) electrons.